The Morgan fingerprint density at radius 1 is 1.27 bits per heavy atom. The maximum Gasteiger partial charge on any atom is 0.387 e. The fraction of sp³-hybridized carbons (Fsp3) is 0.346. The highest BCUT2D eigenvalue weighted by Gasteiger charge is 2.42. The monoisotopic (exact) mass is 594 g/mol. The Kier molecular flexibility index (Phi) is 9.89. The Bertz CT molecular complexity index is 1380. The molecule has 0 aliphatic carbocycles. The summed E-state index contributed by atoms with van der Waals surface area (Å²) in [6, 6.07) is 9.75. The summed E-state index contributed by atoms with van der Waals surface area (Å²) < 4.78 is 35.1. The number of halogens is 4. The van der Waals surface area contributed by atoms with E-state index in [1.54, 1.807) is 31.3 Å². The predicted molar refractivity (Wildman–Crippen MR) is 146 cm³/mol. The number of ether oxygens (including phenoxy) is 2. The van der Waals surface area contributed by atoms with Crippen LogP contribution in [0.4, 0.5) is 14.5 Å². The number of carbonyl (C=O) groups excluding carboxylic acids is 2. The summed E-state index contributed by atoms with van der Waals surface area (Å²) in [4.78, 5) is 31.1. The van der Waals surface area contributed by atoms with Gasteiger partial charge in [-0.2, -0.15) is 19.1 Å². The summed E-state index contributed by atoms with van der Waals surface area (Å²) in [5.74, 6) is -1.26. The number of esters is 1. The molecule has 1 unspecified atom stereocenters. The first-order chi connectivity index (χ1) is 18.9. The summed E-state index contributed by atoms with van der Waals surface area (Å²) in [5.41, 5.74) is -0.341. The number of hydrazone groups is 1. The normalized spacial score (nSPS) is 15.4. The van der Waals surface area contributed by atoms with Crippen molar-refractivity contribution in [1.29, 1.82) is 5.26 Å². The first-order valence-electron chi connectivity index (χ1n) is 12.0. The number of likely N-dealkylation sites (N-methyl/N-ethyl adjacent to an activating group) is 1. The van der Waals surface area contributed by atoms with Gasteiger partial charge in [0, 0.05) is 25.1 Å². The Balaban J connectivity index is 2.08. The molecule has 0 saturated carbocycles. The molecule has 0 saturated heterocycles. The Morgan fingerprint density at radius 2 is 2.00 bits per heavy atom. The van der Waals surface area contributed by atoms with Gasteiger partial charge in [-0.3, -0.25) is 14.9 Å². The lowest BCUT2D eigenvalue weighted by atomic mass is 9.99. The zero-order valence-corrected chi connectivity index (χ0v) is 23.5. The summed E-state index contributed by atoms with van der Waals surface area (Å²) in [6.07, 6.45) is 1.79. The van der Waals surface area contributed by atoms with Crippen LogP contribution in [0.15, 0.2) is 52.6 Å². The van der Waals surface area contributed by atoms with Crippen LogP contribution in [0.1, 0.15) is 33.3 Å². The van der Waals surface area contributed by atoms with Crippen LogP contribution < -0.4 is 10.1 Å². The first kappa shape index (κ1) is 30.6. The van der Waals surface area contributed by atoms with Crippen LogP contribution in [-0.4, -0.2) is 64.8 Å². The number of hydrogen-bond acceptors (Lipinski definition) is 7. The number of nitriles is 1. The minimum absolute atomic E-state index is 0.0338. The van der Waals surface area contributed by atoms with Crippen LogP contribution >= 0.6 is 23.2 Å². The molecule has 1 aliphatic rings. The molecule has 1 N–H and O–H groups in total. The van der Waals surface area contributed by atoms with Crippen molar-refractivity contribution < 1.29 is 27.8 Å². The number of guanidine groups is 1. The summed E-state index contributed by atoms with van der Waals surface area (Å²) in [6.45, 7) is 3.17. The van der Waals surface area contributed by atoms with Gasteiger partial charge in [0.15, 0.2) is 11.8 Å². The van der Waals surface area contributed by atoms with Crippen molar-refractivity contribution in [2.45, 2.75) is 45.9 Å². The zero-order chi connectivity index (χ0) is 29.6. The maximum absolute atomic E-state index is 13.6. The van der Waals surface area contributed by atoms with Crippen molar-refractivity contribution in [3.8, 4) is 11.9 Å². The highest BCUT2D eigenvalue weighted by Crippen LogP contribution is 2.29. The number of amides is 1. The molecule has 0 bridgehead atoms. The van der Waals surface area contributed by atoms with Crippen molar-refractivity contribution in [2.75, 3.05) is 13.1 Å². The van der Waals surface area contributed by atoms with E-state index in [0.29, 0.717) is 16.3 Å². The molecule has 212 valence electrons. The summed E-state index contributed by atoms with van der Waals surface area (Å²) >= 11 is 12.4. The van der Waals surface area contributed by atoms with E-state index in [2.05, 4.69) is 20.1 Å². The van der Waals surface area contributed by atoms with E-state index >= 15 is 0 Å². The van der Waals surface area contributed by atoms with E-state index in [1.807, 2.05) is 0 Å². The molecule has 0 fully saturated rings. The van der Waals surface area contributed by atoms with Gasteiger partial charge in [0.25, 0.3) is 5.91 Å². The summed E-state index contributed by atoms with van der Waals surface area (Å²) in [5, 5.41) is 18.4. The lowest BCUT2D eigenvalue weighted by molar-refractivity contribution is -0.169. The third kappa shape index (κ3) is 7.37. The van der Waals surface area contributed by atoms with E-state index < -0.39 is 30.1 Å². The molecule has 40 heavy (non-hydrogen) atoms. The minimum Gasteiger partial charge on any atom is -0.450 e. The highest BCUT2D eigenvalue weighted by molar-refractivity contribution is 6.42. The van der Waals surface area contributed by atoms with Gasteiger partial charge in [-0.15, -0.1) is 0 Å². The average Bonchev–Trinajstić information content (AvgIpc) is 3.30. The Labute approximate surface area is 239 Å². The fourth-order valence-electron chi connectivity index (χ4n) is 4.08. The number of nitrogens with zero attached hydrogens (tertiary/aromatic N) is 5. The number of rotatable bonds is 8. The third-order valence-corrected chi connectivity index (χ3v) is 6.43. The van der Waals surface area contributed by atoms with Crippen molar-refractivity contribution in [3.05, 3.63) is 58.1 Å². The number of nitrogens with one attached hydrogen (secondary N) is 1. The topological polar surface area (TPSA) is 120 Å². The molecule has 0 aromatic heterocycles. The van der Waals surface area contributed by atoms with Gasteiger partial charge in [-0.25, -0.2) is 10.0 Å². The van der Waals surface area contributed by atoms with Crippen LogP contribution in [0.5, 0.6) is 5.75 Å². The molecular weight excluding hydrogens is 569 g/mol. The van der Waals surface area contributed by atoms with Crippen molar-refractivity contribution in [3.63, 3.8) is 0 Å². The molecule has 1 atom stereocenters. The van der Waals surface area contributed by atoms with E-state index in [1.165, 1.54) is 54.9 Å². The molecule has 14 heteroatoms. The van der Waals surface area contributed by atoms with Crippen LogP contribution in [0.2, 0.25) is 10.0 Å². The number of aliphatic imine (C=N–C) groups is 1. The van der Waals surface area contributed by atoms with Gasteiger partial charge in [0.05, 0.1) is 34.0 Å². The SMILES string of the molecule is CCN(C(=O)C(C)(C)OC(C)=O)C1CN(C(=Nc2cccc(OC(F)F)c2)NC#N)N=C1c1ccc(Cl)c(Cl)c1. The largest absolute Gasteiger partial charge is 0.450 e. The smallest absolute Gasteiger partial charge is 0.387 e. The number of hydrogen-bond donors (Lipinski definition) is 1. The summed E-state index contributed by atoms with van der Waals surface area (Å²) in [7, 11) is 0. The van der Waals surface area contributed by atoms with Gasteiger partial charge >= 0.3 is 12.6 Å². The molecule has 0 spiro atoms. The van der Waals surface area contributed by atoms with Gasteiger partial charge < -0.3 is 14.4 Å². The fourth-order valence-corrected chi connectivity index (χ4v) is 4.38. The molecule has 3 rings (SSSR count). The molecule has 2 aromatic rings. The zero-order valence-electron chi connectivity index (χ0n) is 22.0. The van der Waals surface area contributed by atoms with Gasteiger partial charge in [0.2, 0.25) is 5.96 Å². The van der Waals surface area contributed by atoms with Crippen molar-refractivity contribution in [2.24, 2.45) is 10.1 Å². The van der Waals surface area contributed by atoms with E-state index in [-0.39, 0.29) is 35.5 Å². The highest BCUT2D eigenvalue weighted by atomic mass is 35.5. The van der Waals surface area contributed by atoms with Gasteiger partial charge in [-0.05, 0) is 45.0 Å². The molecule has 2 aromatic carbocycles. The van der Waals surface area contributed by atoms with Crippen LogP contribution in [0, 0.1) is 11.5 Å². The molecule has 1 heterocycles. The quantitative estimate of drug-likeness (QED) is 0.151. The van der Waals surface area contributed by atoms with Crippen molar-refractivity contribution >= 4 is 52.4 Å². The van der Waals surface area contributed by atoms with Crippen LogP contribution in [0.25, 0.3) is 0 Å². The lowest BCUT2D eigenvalue weighted by Gasteiger charge is -2.35. The second-order valence-electron chi connectivity index (χ2n) is 8.96. The second-order valence-corrected chi connectivity index (χ2v) is 9.77. The molecule has 1 aliphatic heterocycles. The van der Waals surface area contributed by atoms with Crippen LogP contribution in [-0.2, 0) is 14.3 Å². The van der Waals surface area contributed by atoms with Crippen molar-refractivity contribution in [1.82, 2.24) is 15.2 Å². The molecule has 10 nitrogen and oxygen atoms in total. The van der Waals surface area contributed by atoms with Crippen LogP contribution in [0.3, 0.4) is 0 Å². The second kappa shape index (κ2) is 12.9. The van der Waals surface area contributed by atoms with E-state index in [4.69, 9.17) is 27.9 Å². The Hall–Kier alpha value is -3.95. The molecule has 0 radical (unpaired) electrons. The number of carbonyl (C=O) groups is 2. The van der Waals surface area contributed by atoms with E-state index in [9.17, 15) is 23.6 Å². The Morgan fingerprint density at radius 3 is 2.60 bits per heavy atom. The van der Waals surface area contributed by atoms with E-state index in [0.717, 1.165) is 0 Å². The minimum atomic E-state index is -3.03. The maximum atomic E-state index is 13.6. The molecule has 1 amide bonds. The number of benzene rings is 2. The van der Waals surface area contributed by atoms with Gasteiger partial charge in [-0.1, -0.05) is 35.3 Å². The average molecular weight is 595 g/mol. The van der Waals surface area contributed by atoms with Gasteiger partial charge in [0.1, 0.15) is 5.75 Å². The lowest BCUT2D eigenvalue weighted by Crippen LogP contribution is -2.55. The molecular formula is C26H26Cl2F2N6O4. The first-order valence-corrected chi connectivity index (χ1v) is 12.7. The predicted octanol–water partition coefficient (Wildman–Crippen LogP) is 4.93. The number of alkyl halides is 2. The standard InChI is InChI=1S/C26H26Cl2F2N6O4/c1-5-35(23(38)26(3,4)40-15(2)37)21-13-36(34-22(21)16-9-10-19(27)20(28)11-16)25(32-14-31)33-17-7-6-8-18(12-17)39-24(29)30/h6-12,21,24H,5,13H2,1-4H3,(H,32,33). The third-order valence-electron chi connectivity index (χ3n) is 5.69.